The van der Waals surface area contributed by atoms with Gasteiger partial charge in [0.2, 0.25) is 0 Å². The Labute approximate surface area is 140 Å². The molecule has 1 saturated carbocycles. The summed E-state index contributed by atoms with van der Waals surface area (Å²) in [5, 5.41) is 12.1. The van der Waals surface area contributed by atoms with Gasteiger partial charge in [-0.05, 0) is 48.7 Å². The number of carbonyl (C=O) groups is 1. The normalized spacial score (nSPS) is 14.4. The molecule has 1 N–H and O–H groups in total. The number of nitrogens with one attached hydrogen (secondary N) is 1. The summed E-state index contributed by atoms with van der Waals surface area (Å²) in [4.78, 5) is 12.4. The second-order valence-corrected chi connectivity index (χ2v) is 5.80. The lowest BCUT2D eigenvalue weighted by atomic mass is 9.98. The van der Waals surface area contributed by atoms with Crippen LogP contribution in [0.25, 0.3) is 0 Å². The average molecular weight is 322 g/mol. The molecule has 0 aliphatic heterocycles. The van der Waals surface area contributed by atoms with Gasteiger partial charge >= 0.3 is 0 Å². The zero-order chi connectivity index (χ0) is 17.2. The maximum Gasteiger partial charge on any atom is 0.255 e. The number of methoxy groups -OCH3 is 2. The molecule has 0 radical (unpaired) electrons. The van der Waals surface area contributed by atoms with Crippen molar-refractivity contribution in [3.05, 3.63) is 53.6 Å². The average Bonchev–Trinajstić information content (AvgIpc) is 3.43. The molecular weight excluding hydrogens is 304 g/mol. The second-order valence-electron chi connectivity index (χ2n) is 5.80. The Kier molecular flexibility index (Phi) is 4.13. The minimum Gasteiger partial charge on any atom is -0.493 e. The SMILES string of the molecule is COc1ccc(C(=O)Nc2ccc(C3(C#N)CC3)cc2)cc1OC. The first kappa shape index (κ1) is 15.9. The molecule has 2 aromatic carbocycles. The number of anilines is 1. The molecule has 24 heavy (non-hydrogen) atoms. The van der Waals surface area contributed by atoms with E-state index in [0.29, 0.717) is 22.7 Å². The third-order valence-corrected chi connectivity index (χ3v) is 4.31. The molecule has 0 aromatic heterocycles. The van der Waals surface area contributed by atoms with Crippen LogP contribution >= 0.6 is 0 Å². The zero-order valence-electron chi connectivity index (χ0n) is 13.6. The number of hydrogen-bond donors (Lipinski definition) is 1. The lowest BCUT2D eigenvalue weighted by molar-refractivity contribution is 0.102. The summed E-state index contributed by atoms with van der Waals surface area (Å²) in [6.45, 7) is 0. The molecule has 0 unspecified atom stereocenters. The maximum absolute atomic E-state index is 12.4. The first-order chi connectivity index (χ1) is 11.6. The van der Waals surface area contributed by atoms with E-state index in [1.165, 1.54) is 7.11 Å². The number of ether oxygens (including phenoxy) is 2. The summed E-state index contributed by atoms with van der Waals surface area (Å²) in [7, 11) is 3.08. The van der Waals surface area contributed by atoms with E-state index in [2.05, 4.69) is 11.4 Å². The monoisotopic (exact) mass is 322 g/mol. The number of benzene rings is 2. The zero-order valence-corrected chi connectivity index (χ0v) is 13.6. The molecule has 1 amide bonds. The minimum absolute atomic E-state index is 0.231. The first-order valence-corrected chi connectivity index (χ1v) is 7.67. The highest BCUT2D eigenvalue weighted by atomic mass is 16.5. The predicted molar refractivity (Wildman–Crippen MR) is 90.5 cm³/mol. The van der Waals surface area contributed by atoms with Crippen LogP contribution in [0.3, 0.4) is 0 Å². The van der Waals surface area contributed by atoms with Crippen molar-refractivity contribution in [2.24, 2.45) is 0 Å². The van der Waals surface area contributed by atoms with Crippen LogP contribution in [0.15, 0.2) is 42.5 Å². The standard InChI is InChI=1S/C19H18N2O3/c1-23-16-8-3-13(11-17(16)24-2)18(22)21-15-6-4-14(5-7-15)19(12-20)9-10-19/h3-8,11H,9-10H2,1-2H3,(H,21,22). The summed E-state index contributed by atoms with van der Waals surface area (Å²) >= 11 is 0. The van der Waals surface area contributed by atoms with Crippen molar-refractivity contribution in [2.75, 3.05) is 19.5 Å². The molecule has 1 aliphatic carbocycles. The predicted octanol–water partition coefficient (Wildman–Crippen LogP) is 3.51. The lowest BCUT2D eigenvalue weighted by Gasteiger charge is -2.11. The van der Waals surface area contributed by atoms with E-state index in [1.54, 1.807) is 25.3 Å². The van der Waals surface area contributed by atoms with E-state index >= 15 is 0 Å². The molecule has 5 heteroatoms. The van der Waals surface area contributed by atoms with Crippen LogP contribution in [-0.2, 0) is 5.41 Å². The fraction of sp³-hybridized carbons (Fsp3) is 0.263. The number of nitrogens with zero attached hydrogens (tertiary/aromatic N) is 1. The lowest BCUT2D eigenvalue weighted by Crippen LogP contribution is -2.12. The maximum atomic E-state index is 12.4. The van der Waals surface area contributed by atoms with Gasteiger partial charge in [0.05, 0.1) is 25.7 Å². The highest BCUT2D eigenvalue weighted by Crippen LogP contribution is 2.47. The molecule has 2 aromatic rings. The molecule has 122 valence electrons. The van der Waals surface area contributed by atoms with Gasteiger partial charge in [-0.25, -0.2) is 0 Å². The molecule has 0 saturated heterocycles. The van der Waals surface area contributed by atoms with E-state index in [-0.39, 0.29) is 11.3 Å². The van der Waals surface area contributed by atoms with Crippen LogP contribution in [-0.4, -0.2) is 20.1 Å². The number of rotatable bonds is 5. The van der Waals surface area contributed by atoms with Crippen LogP contribution in [0.5, 0.6) is 11.5 Å². The molecule has 0 bridgehead atoms. The van der Waals surface area contributed by atoms with Crippen molar-refractivity contribution in [2.45, 2.75) is 18.3 Å². The Morgan fingerprint density at radius 2 is 1.75 bits per heavy atom. The van der Waals surface area contributed by atoms with E-state index in [0.717, 1.165) is 18.4 Å². The van der Waals surface area contributed by atoms with Gasteiger partial charge in [-0.3, -0.25) is 4.79 Å². The van der Waals surface area contributed by atoms with Gasteiger partial charge in [0.15, 0.2) is 11.5 Å². The van der Waals surface area contributed by atoms with Gasteiger partial charge in [0.1, 0.15) is 0 Å². The number of carbonyl (C=O) groups excluding carboxylic acids is 1. The smallest absolute Gasteiger partial charge is 0.255 e. The second kappa shape index (κ2) is 6.25. The molecular formula is C19H18N2O3. The molecule has 0 atom stereocenters. The number of hydrogen-bond acceptors (Lipinski definition) is 4. The van der Waals surface area contributed by atoms with E-state index in [9.17, 15) is 10.1 Å². The van der Waals surface area contributed by atoms with Crippen molar-refractivity contribution in [3.63, 3.8) is 0 Å². The fourth-order valence-corrected chi connectivity index (χ4v) is 2.64. The van der Waals surface area contributed by atoms with Crippen LogP contribution in [0.4, 0.5) is 5.69 Å². The fourth-order valence-electron chi connectivity index (χ4n) is 2.64. The largest absolute Gasteiger partial charge is 0.493 e. The van der Waals surface area contributed by atoms with Crippen molar-refractivity contribution in [3.8, 4) is 17.6 Å². The van der Waals surface area contributed by atoms with Crippen LogP contribution in [0.1, 0.15) is 28.8 Å². The van der Waals surface area contributed by atoms with Gasteiger partial charge < -0.3 is 14.8 Å². The van der Waals surface area contributed by atoms with E-state index in [1.807, 2.05) is 24.3 Å². The van der Waals surface area contributed by atoms with E-state index in [4.69, 9.17) is 9.47 Å². The summed E-state index contributed by atoms with van der Waals surface area (Å²) in [5.41, 5.74) is 1.86. The minimum atomic E-state index is -0.314. The van der Waals surface area contributed by atoms with Gasteiger partial charge in [-0.15, -0.1) is 0 Å². The van der Waals surface area contributed by atoms with Gasteiger partial charge in [0, 0.05) is 11.3 Å². The van der Waals surface area contributed by atoms with Crippen LogP contribution in [0, 0.1) is 11.3 Å². The Hall–Kier alpha value is -3.00. The third-order valence-electron chi connectivity index (χ3n) is 4.31. The Morgan fingerprint density at radius 1 is 1.08 bits per heavy atom. The molecule has 3 rings (SSSR count). The summed E-state index contributed by atoms with van der Waals surface area (Å²) in [6.07, 6.45) is 1.81. The summed E-state index contributed by atoms with van der Waals surface area (Å²) < 4.78 is 10.4. The molecule has 5 nitrogen and oxygen atoms in total. The highest BCUT2D eigenvalue weighted by Gasteiger charge is 2.44. The first-order valence-electron chi connectivity index (χ1n) is 7.67. The van der Waals surface area contributed by atoms with Crippen LogP contribution < -0.4 is 14.8 Å². The molecule has 0 spiro atoms. The quantitative estimate of drug-likeness (QED) is 0.914. The van der Waals surface area contributed by atoms with Gasteiger partial charge in [-0.2, -0.15) is 5.26 Å². The van der Waals surface area contributed by atoms with Gasteiger partial charge in [-0.1, -0.05) is 12.1 Å². The van der Waals surface area contributed by atoms with Crippen molar-refractivity contribution in [1.82, 2.24) is 0 Å². The number of nitriles is 1. The summed E-state index contributed by atoms with van der Waals surface area (Å²) in [5.74, 6) is 0.847. The highest BCUT2D eigenvalue weighted by molar-refractivity contribution is 6.04. The molecule has 0 heterocycles. The molecule has 1 fully saturated rings. The topological polar surface area (TPSA) is 71.3 Å². The van der Waals surface area contributed by atoms with Crippen molar-refractivity contribution in [1.29, 1.82) is 5.26 Å². The third kappa shape index (κ3) is 2.91. The van der Waals surface area contributed by atoms with Crippen molar-refractivity contribution < 1.29 is 14.3 Å². The molecule has 1 aliphatic rings. The van der Waals surface area contributed by atoms with Crippen LogP contribution in [0.2, 0.25) is 0 Å². The summed E-state index contributed by atoms with van der Waals surface area (Å²) in [6, 6.07) is 14.8. The Balaban J connectivity index is 1.74. The number of amides is 1. The Morgan fingerprint density at radius 3 is 2.29 bits per heavy atom. The van der Waals surface area contributed by atoms with E-state index < -0.39 is 0 Å². The Bertz CT molecular complexity index is 802. The van der Waals surface area contributed by atoms with Gasteiger partial charge in [0.25, 0.3) is 5.91 Å². The van der Waals surface area contributed by atoms with Crippen molar-refractivity contribution >= 4 is 11.6 Å².